The lowest BCUT2D eigenvalue weighted by Crippen LogP contribution is -1.97. The van der Waals surface area contributed by atoms with Crippen molar-refractivity contribution in [3.63, 3.8) is 0 Å². The molecule has 0 atom stereocenters. The molecular weight excluding hydrogens is 366 g/mol. The Hall–Kier alpha value is -1.34. The van der Waals surface area contributed by atoms with E-state index in [-0.39, 0.29) is 0 Å². The second-order valence-corrected chi connectivity index (χ2v) is 4.92. The molecule has 1 aromatic heterocycles. The van der Waals surface area contributed by atoms with E-state index in [1.807, 2.05) is 0 Å². The summed E-state index contributed by atoms with van der Waals surface area (Å²) in [5, 5.41) is 0. The topological polar surface area (TPSA) is 70.3 Å². The Morgan fingerprint density at radius 3 is 2.67 bits per heavy atom. The second-order valence-electron chi connectivity index (χ2n) is 3.28. The third-order valence-corrected chi connectivity index (χ3v) is 3.50. The van der Waals surface area contributed by atoms with Crippen LogP contribution in [0, 0.1) is 0 Å². The number of hydrogen-bond acceptors (Lipinski definition) is 5. The van der Waals surface area contributed by atoms with Crippen LogP contribution in [0.4, 0.5) is 5.82 Å². The molecule has 2 aromatic rings. The van der Waals surface area contributed by atoms with Gasteiger partial charge in [0.2, 0.25) is 5.88 Å². The maximum atomic E-state index is 5.65. The molecule has 0 radical (unpaired) electrons. The Bertz CT molecular complexity index is 578. The first-order valence-electron chi connectivity index (χ1n) is 4.89. The van der Waals surface area contributed by atoms with Gasteiger partial charge in [-0.1, -0.05) is 0 Å². The van der Waals surface area contributed by atoms with E-state index in [0.717, 1.165) is 10.2 Å². The molecule has 1 aromatic carbocycles. The van der Waals surface area contributed by atoms with Gasteiger partial charge < -0.3 is 15.2 Å². The number of anilines is 1. The van der Waals surface area contributed by atoms with E-state index in [4.69, 9.17) is 15.2 Å². The van der Waals surface area contributed by atoms with E-state index in [9.17, 15) is 0 Å². The van der Waals surface area contributed by atoms with Gasteiger partial charge in [0, 0.05) is 0 Å². The Morgan fingerprint density at radius 2 is 2.00 bits per heavy atom. The zero-order valence-corrected chi connectivity index (χ0v) is 12.5. The molecule has 0 amide bonds. The van der Waals surface area contributed by atoms with Crippen LogP contribution in [0.1, 0.15) is 0 Å². The number of rotatable bonds is 3. The minimum absolute atomic E-state index is 0.324. The summed E-state index contributed by atoms with van der Waals surface area (Å²) < 4.78 is 12.0. The van der Waals surface area contributed by atoms with Crippen molar-refractivity contribution in [2.24, 2.45) is 0 Å². The van der Waals surface area contributed by atoms with Crippen molar-refractivity contribution in [3.05, 3.63) is 33.5 Å². The lowest BCUT2D eigenvalue weighted by Gasteiger charge is -2.09. The zero-order valence-electron chi connectivity index (χ0n) is 9.35. The molecule has 0 aliphatic rings. The number of halogens is 2. The highest BCUT2D eigenvalue weighted by Crippen LogP contribution is 2.35. The van der Waals surface area contributed by atoms with Gasteiger partial charge in [0.05, 0.1) is 11.6 Å². The Kier molecular flexibility index (Phi) is 4.03. The third kappa shape index (κ3) is 2.73. The summed E-state index contributed by atoms with van der Waals surface area (Å²) in [6.07, 6.45) is 1.34. The largest absolute Gasteiger partial charge is 0.497 e. The molecule has 7 heteroatoms. The van der Waals surface area contributed by atoms with E-state index < -0.39 is 0 Å². The number of methoxy groups -OCH3 is 1. The highest BCUT2D eigenvalue weighted by Gasteiger charge is 2.10. The van der Waals surface area contributed by atoms with Gasteiger partial charge in [-0.15, -0.1) is 0 Å². The molecule has 0 spiro atoms. The third-order valence-electron chi connectivity index (χ3n) is 2.13. The summed E-state index contributed by atoms with van der Waals surface area (Å²) in [5.74, 6) is 2.02. The number of benzene rings is 1. The van der Waals surface area contributed by atoms with Crippen molar-refractivity contribution >= 4 is 37.7 Å². The first-order chi connectivity index (χ1) is 8.61. The first kappa shape index (κ1) is 13.1. The molecule has 1 heterocycles. The quantitative estimate of drug-likeness (QED) is 0.891. The standard InChI is InChI=1S/C11H9Br2N3O2/c1-17-6-2-3-8(7(12)4-6)18-11-9(13)10(14)15-5-16-11/h2-5H,1H3,(H2,14,15,16). The monoisotopic (exact) mass is 373 g/mol. The summed E-state index contributed by atoms with van der Waals surface area (Å²) >= 11 is 6.67. The number of ether oxygens (including phenoxy) is 2. The second kappa shape index (κ2) is 5.53. The summed E-state index contributed by atoms with van der Waals surface area (Å²) in [7, 11) is 1.60. The van der Waals surface area contributed by atoms with Gasteiger partial charge in [-0.2, -0.15) is 0 Å². The van der Waals surface area contributed by atoms with Gasteiger partial charge >= 0.3 is 0 Å². The highest BCUT2D eigenvalue weighted by molar-refractivity contribution is 9.11. The molecule has 5 nitrogen and oxygen atoms in total. The maximum absolute atomic E-state index is 5.65. The summed E-state index contributed by atoms with van der Waals surface area (Å²) in [6.45, 7) is 0. The molecule has 94 valence electrons. The van der Waals surface area contributed by atoms with Crippen LogP contribution in [0.2, 0.25) is 0 Å². The molecule has 18 heavy (non-hydrogen) atoms. The summed E-state index contributed by atoms with van der Waals surface area (Å²) in [4.78, 5) is 7.84. The van der Waals surface area contributed by atoms with Gasteiger partial charge in [-0.05, 0) is 50.1 Å². The fraction of sp³-hybridized carbons (Fsp3) is 0.0909. The molecule has 0 fully saturated rings. The number of hydrogen-bond donors (Lipinski definition) is 1. The summed E-state index contributed by atoms with van der Waals surface area (Å²) in [5.41, 5.74) is 5.65. The lowest BCUT2D eigenvalue weighted by molar-refractivity contribution is 0.411. The molecule has 0 saturated heterocycles. The van der Waals surface area contributed by atoms with Crippen molar-refractivity contribution in [1.82, 2.24) is 9.97 Å². The molecule has 0 aliphatic carbocycles. The number of nitrogens with zero attached hydrogens (tertiary/aromatic N) is 2. The van der Waals surface area contributed by atoms with Crippen molar-refractivity contribution in [3.8, 4) is 17.4 Å². The van der Waals surface area contributed by atoms with Gasteiger partial charge in [-0.3, -0.25) is 0 Å². The predicted octanol–water partition coefficient (Wildman–Crippen LogP) is 3.38. The highest BCUT2D eigenvalue weighted by atomic mass is 79.9. The molecule has 0 saturated carbocycles. The van der Waals surface area contributed by atoms with E-state index in [1.54, 1.807) is 25.3 Å². The minimum Gasteiger partial charge on any atom is -0.497 e. The smallest absolute Gasteiger partial charge is 0.238 e. The van der Waals surface area contributed by atoms with Crippen LogP contribution >= 0.6 is 31.9 Å². The van der Waals surface area contributed by atoms with Crippen LogP contribution in [0.5, 0.6) is 17.4 Å². The number of aromatic nitrogens is 2. The normalized spacial score (nSPS) is 10.2. The molecule has 2 N–H and O–H groups in total. The van der Waals surface area contributed by atoms with Crippen LogP contribution < -0.4 is 15.2 Å². The first-order valence-corrected chi connectivity index (χ1v) is 6.47. The van der Waals surface area contributed by atoms with Crippen molar-refractivity contribution in [1.29, 1.82) is 0 Å². The van der Waals surface area contributed by atoms with Gasteiger partial charge in [0.25, 0.3) is 0 Å². The maximum Gasteiger partial charge on any atom is 0.238 e. The van der Waals surface area contributed by atoms with Crippen molar-refractivity contribution in [2.75, 3.05) is 12.8 Å². The fourth-order valence-corrected chi connectivity index (χ4v) is 1.96. The lowest BCUT2D eigenvalue weighted by atomic mass is 10.3. The molecule has 0 bridgehead atoms. The molecular formula is C11H9Br2N3O2. The number of nitrogen functional groups attached to an aromatic ring is 1. The van der Waals surface area contributed by atoms with E-state index >= 15 is 0 Å². The molecule has 2 rings (SSSR count). The molecule has 0 unspecified atom stereocenters. The summed E-state index contributed by atoms with van der Waals surface area (Å²) in [6, 6.07) is 5.36. The molecule has 0 aliphatic heterocycles. The average Bonchev–Trinajstić information content (AvgIpc) is 2.37. The fourth-order valence-electron chi connectivity index (χ4n) is 1.23. The van der Waals surface area contributed by atoms with Gasteiger partial charge in [0.1, 0.15) is 28.1 Å². The number of nitrogens with two attached hydrogens (primary N) is 1. The van der Waals surface area contributed by atoms with Crippen LogP contribution in [-0.2, 0) is 0 Å². The van der Waals surface area contributed by atoms with Gasteiger partial charge in [-0.25, -0.2) is 9.97 Å². The van der Waals surface area contributed by atoms with Crippen LogP contribution in [0.3, 0.4) is 0 Å². The Labute approximate surface area is 121 Å². The van der Waals surface area contributed by atoms with E-state index in [2.05, 4.69) is 41.8 Å². The van der Waals surface area contributed by atoms with Crippen LogP contribution in [0.15, 0.2) is 33.5 Å². The van der Waals surface area contributed by atoms with Crippen LogP contribution in [-0.4, -0.2) is 17.1 Å². The minimum atomic E-state index is 0.324. The zero-order chi connectivity index (χ0) is 13.1. The predicted molar refractivity (Wildman–Crippen MR) is 74.9 cm³/mol. The average molecular weight is 375 g/mol. The van der Waals surface area contributed by atoms with Crippen molar-refractivity contribution < 1.29 is 9.47 Å². The Morgan fingerprint density at radius 1 is 1.22 bits per heavy atom. The Balaban J connectivity index is 2.31. The SMILES string of the molecule is COc1ccc(Oc2ncnc(N)c2Br)c(Br)c1. The van der Waals surface area contributed by atoms with Crippen molar-refractivity contribution in [2.45, 2.75) is 0 Å². The van der Waals surface area contributed by atoms with E-state index in [1.165, 1.54) is 6.33 Å². The van der Waals surface area contributed by atoms with Crippen LogP contribution in [0.25, 0.3) is 0 Å². The van der Waals surface area contributed by atoms with Gasteiger partial charge in [0.15, 0.2) is 0 Å². The van der Waals surface area contributed by atoms with E-state index in [0.29, 0.717) is 21.9 Å².